The monoisotopic (exact) mass is 285 g/mol. The standard InChI is InChI=1S/C15H21F2NO2/c1-2-20-11-6-8-18(9-7-11)10-14(19)12-4-3-5-13(16)15(12)17/h3-5,11,14,19H,2,6-10H2,1H3. The van der Waals surface area contributed by atoms with Crippen LogP contribution in [0.3, 0.4) is 0 Å². The molecule has 0 aromatic heterocycles. The molecule has 0 spiro atoms. The first-order valence-corrected chi connectivity index (χ1v) is 7.07. The van der Waals surface area contributed by atoms with Crippen LogP contribution >= 0.6 is 0 Å². The molecule has 0 saturated carbocycles. The number of halogens is 2. The summed E-state index contributed by atoms with van der Waals surface area (Å²) in [5.74, 6) is -1.87. The van der Waals surface area contributed by atoms with E-state index in [-0.39, 0.29) is 11.7 Å². The van der Waals surface area contributed by atoms with Gasteiger partial charge in [-0.15, -0.1) is 0 Å². The highest BCUT2D eigenvalue weighted by atomic mass is 19.2. The van der Waals surface area contributed by atoms with Crippen molar-refractivity contribution >= 4 is 0 Å². The van der Waals surface area contributed by atoms with E-state index < -0.39 is 17.7 Å². The van der Waals surface area contributed by atoms with Crippen molar-refractivity contribution in [2.24, 2.45) is 0 Å². The minimum atomic E-state index is -1.01. The maximum absolute atomic E-state index is 13.6. The third-order valence-corrected chi connectivity index (χ3v) is 3.71. The minimum absolute atomic E-state index is 0.0249. The molecular formula is C15H21F2NO2. The molecule has 2 rings (SSSR count). The normalized spacial score (nSPS) is 19.2. The van der Waals surface area contributed by atoms with E-state index in [0.717, 1.165) is 32.0 Å². The second-order valence-corrected chi connectivity index (χ2v) is 5.11. The van der Waals surface area contributed by atoms with Crippen molar-refractivity contribution < 1.29 is 18.6 Å². The molecule has 1 aromatic carbocycles. The summed E-state index contributed by atoms with van der Waals surface area (Å²) in [5, 5.41) is 10.1. The third kappa shape index (κ3) is 3.75. The fraction of sp³-hybridized carbons (Fsp3) is 0.600. The molecule has 1 aliphatic heterocycles. The van der Waals surface area contributed by atoms with E-state index >= 15 is 0 Å². The summed E-state index contributed by atoms with van der Waals surface area (Å²) in [5.41, 5.74) is 0.0249. The van der Waals surface area contributed by atoms with Gasteiger partial charge in [-0.1, -0.05) is 12.1 Å². The second-order valence-electron chi connectivity index (χ2n) is 5.11. The van der Waals surface area contributed by atoms with E-state index in [1.54, 1.807) is 0 Å². The van der Waals surface area contributed by atoms with Crippen LogP contribution in [0.5, 0.6) is 0 Å². The fourth-order valence-corrected chi connectivity index (χ4v) is 2.61. The van der Waals surface area contributed by atoms with E-state index in [4.69, 9.17) is 4.74 Å². The lowest BCUT2D eigenvalue weighted by atomic mass is 10.0. The maximum Gasteiger partial charge on any atom is 0.164 e. The molecule has 0 radical (unpaired) electrons. The summed E-state index contributed by atoms with van der Waals surface area (Å²) >= 11 is 0. The van der Waals surface area contributed by atoms with Gasteiger partial charge in [-0.05, 0) is 25.8 Å². The molecule has 3 nitrogen and oxygen atoms in total. The van der Waals surface area contributed by atoms with Crippen LogP contribution in [-0.2, 0) is 4.74 Å². The first-order valence-electron chi connectivity index (χ1n) is 7.07. The Morgan fingerprint density at radius 2 is 2.05 bits per heavy atom. The van der Waals surface area contributed by atoms with E-state index in [1.807, 2.05) is 6.92 Å². The topological polar surface area (TPSA) is 32.7 Å². The largest absolute Gasteiger partial charge is 0.387 e. The minimum Gasteiger partial charge on any atom is -0.387 e. The maximum atomic E-state index is 13.6. The van der Waals surface area contributed by atoms with Crippen molar-refractivity contribution in [3.8, 4) is 0 Å². The predicted octanol–water partition coefficient (Wildman–Crippen LogP) is 2.50. The first-order chi connectivity index (χ1) is 9.61. The molecular weight excluding hydrogens is 264 g/mol. The second kappa shape index (κ2) is 7.11. The summed E-state index contributed by atoms with van der Waals surface area (Å²) < 4.78 is 32.3. The molecule has 1 aromatic rings. The van der Waals surface area contributed by atoms with Crippen LogP contribution in [-0.4, -0.2) is 42.4 Å². The van der Waals surface area contributed by atoms with Gasteiger partial charge in [-0.2, -0.15) is 0 Å². The molecule has 5 heteroatoms. The number of aliphatic hydroxyl groups is 1. The number of ether oxygens (including phenoxy) is 1. The van der Waals surface area contributed by atoms with Crippen LogP contribution in [0.4, 0.5) is 8.78 Å². The Labute approximate surface area is 118 Å². The number of piperidine rings is 1. The molecule has 1 saturated heterocycles. The zero-order chi connectivity index (χ0) is 14.5. The molecule has 0 aliphatic carbocycles. The zero-order valence-electron chi connectivity index (χ0n) is 11.7. The van der Waals surface area contributed by atoms with Gasteiger partial charge in [0.05, 0.1) is 12.2 Å². The number of rotatable bonds is 5. The van der Waals surface area contributed by atoms with Gasteiger partial charge in [0, 0.05) is 31.8 Å². The highest BCUT2D eigenvalue weighted by Crippen LogP contribution is 2.22. The van der Waals surface area contributed by atoms with Crippen LogP contribution in [0.2, 0.25) is 0 Å². The summed E-state index contributed by atoms with van der Waals surface area (Å²) in [6.45, 7) is 4.61. The smallest absolute Gasteiger partial charge is 0.164 e. The predicted molar refractivity (Wildman–Crippen MR) is 72.4 cm³/mol. The molecule has 0 bridgehead atoms. The molecule has 1 aliphatic rings. The van der Waals surface area contributed by atoms with E-state index in [9.17, 15) is 13.9 Å². The Morgan fingerprint density at radius 3 is 2.70 bits per heavy atom. The van der Waals surface area contributed by atoms with Crippen molar-refractivity contribution in [3.63, 3.8) is 0 Å². The van der Waals surface area contributed by atoms with Crippen LogP contribution in [0.25, 0.3) is 0 Å². The lowest BCUT2D eigenvalue weighted by molar-refractivity contribution is 0.00290. The molecule has 1 atom stereocenters. The number of aliphatic hydroxyl groups excluding tert-OH is 1. The molecule has 1 heterocycles. The Morgan fingerprint density at radius 1 is 1.35 bits per heavy atom. The van der Waals surface area contributed by atoms with Gasteiger partial charge in [0.15, 0.2) is 11.6 Å². The number of benzene rings is 1. The lowest BCUT2D eigenvalue weighted by Crippen LogP contribution is -2.39. The lowest BCUT2D eigenvalue weighted by Gasteiger charge is -2.33. The molecule has 20 heavy (non-hydrogen) atoms. The van der Waals surface area contributed by atoms with Crippen molar-refractivity contribution in [3.05, 3.63) is 35.4 Å². The zero-order valence-corrected chi connectivity index (χ0v) is 11.7. The third-order valence-electron chi connectivity index (χ3n) is 3.71. The number of hydrogen-bond acceptors (Lipinski definition) is 3. The van der Waals surface area contributed by atoms with Crippen molar-refractivity contribution in [1.82, 2.24) is 4.90 Å². The Hall–Kier alpha value is -1.04. The highest BCUT2D eigenvalue weighted by Gasteiger charge is 2.23. The van der Waals surface area contributed by atoms with Gasteiger partial charge in [0.25, 0.3) is 0 Å². The van der Waals surface area contributed by atoms with Crippen LogP contribution in [0.1, 0.15) is 31.4 Å². The van der Waals surface area contributed by atoms with Crippen molar-refractivity contribution in [1.29, 1.82) is 0 Å². The molecule has 1 fully saturated rings. The molecule has 1 N–H and O–H groups in total. The summed E-state index contributed by atoms with van der Waals surface area (Å²) in [6.07, 6.45) is 1.09. The number of β-amino-alcohol motifs (C(OH)–C–C–N with tert-alkyl or cyclic N) is 1. The summed E-state index contributed by atoms with van der Waals surface area (Å²) in [6, 6.07) is 3.90. The van der Waals surface area contributed by atoms with Crippen LogP contribution < -0.4 is 0 Å². The van der Waals surface area contributed by atoms with Gasteiger partial charge in [0.1, 0.15) is 0 Å². The van der Waals surface area contributed by atoms with Gasteiger partial charge in [-0.3, -0.25) is 0 Å². The number of likely N-dealkylation sites (tertiary alicyclic amines) is 1. The van der Waals surface area contributed by atoms with E-state index in [0.29, 0.717) is 13.2 Å². The Balaban J connectivity index is 1.89. The van der Waals surface area contributed by atoms with E-state index in [2.05, 4.69) is 4.90 Å². The number of nitrogens with zero attached hydrogens (tertiary/aromatic N) is 1. The highest BCUT2D eigenvalue weighted by molar-refractivity contribution is 5.21. The summed E-state index contributed by atoms with van der Waals surface area (Å²) in [4.78, 5) is 2.06. The number of hydrogen-bond donors (Lipinski definition) is 1. The van der Waals surface area contributed by atoms with Crippen LogP contribution in [0, 0.1) is 11.6 Å². The molecule has 0 amide bonds. The van der Waals surface area contributed by atoms with Crippen molar-refractivity contribution in [2.45, 2.75) is 32.0 Å². The Kier molecular flexibility index (Phi) is 5.46. The average Bonchev–Trinajstić information content (AvgIpc) is 2.44. The molecule has 112 valence electrons. The van der Waals surface area contributed by atoms with Gasteiger partial charge in [-0.25, -0.2) is 8.78 Å². The SMILES string of the molecule is CCOC1CCN(CC(O)c2cccc(F)c2F)CC1. The van der Waals surface area contributed by atoms with Gasteiger partial charge >= 0.3 is 0 Å². The van der Waals surface area contributed by atoms with Gasteiger partial charge < -0.3 is 14.7 Å². The Bertz CT molecular complexity index is 434. The quantitative estimate of drug-likeness (QED) is 0.902. The fourth-order valence-electron chi connectivity index (χ4n) is 2.61. The average molecular weight is 285 g/mol. The van der Waals surface area contributed by atoms with E-state index in [1.165, 1.54) is 12.1 Å². The van der Waals surface area contributed by atoms with Gasteiger partial charge in [0.2, 0.25) is 0 Å². The first kappa shape index (κ1) is 15.4. The van der Waals surface area contributed by atoms with Crippen molar-refractivity contribution in [2.75, 3.05) is 26.2 Å². The van der Waals surface area contributed by atoms with Crippen LogP contribution in [0.15, 0.2) is 18.2 Å². The molecule has 1 unspecified atom stereocenters. The summed E-state index contributed by atoms with van der Waals surface area (Å²) in [7, 11) is 0.